The Morgan fingerprint density at radius 3 is 2.44 bits per heavy atom. The maximum absolute atomic E-state index is 12.6. The van der Waals surface area contributed by atoms with Crippen molar-refractivity contribution in [2.24, 2.45) is 5.92 Å². The summed E-state index contributed by atoms with van der Waals surface area (Å²) in [4.78, 5) is 40.4. The molecule has 0 saturated carbocycles. The van der Waals surface area contributed by atoms with Crippen molar-refractivity contribution in [3.05, 3.63) is 42.1 Å². The minimum Gasteiger partial charge on any atom is -0.469 e. The zero-order valence-corrected chi connectivity index (χ0v) is 14.3. The number of methoxy groups -OCH3 is 2. The lowest BCUT2D eigenvalue weighted by Gasteiger charge is -2.19. The number of rotatable bonds is 6. The molecule has 0 spiro atoms. The van der Waals surface area contributed by atoms with Gasteiger partial charge < -0.3 is 14.8 Å². The van der Waals surface area contributed by atoms with Gasteiger partial charge in [0.25, 0.3) is 5.91 Å². The van der Waals surface area contributed by atoms with Crippen LogP contribution in [0, 0.1) is 5.92 Å². The Hall–Kier alpha value is -2.96. The molecule has 0 aliphatic carbocycles. The van der Waals surface area contributed by atoms with E-state index >= 15 is 0 Å². The molecule has 25 heavy (non-hydrogen) atoms. The van der Waals surface area contributed by atoms with Gasteiger partial charge in [0.1, 0.15) is 6.04 Å². The van der Waals surface area contributed by atoms with E-state index in [0.717, 1.165) is 5.39 Å². The van der Waals surface area contributed by atoms with E-state index in [1.54, 1.807) is 31.3 Å². The van der Waals surface area contributed by atoms with Crippen molar-refractivity contribution in [1.29, 1.82) is 0 Å². The second kappa shape index (κ2) is 8.23. The number of aromatic nitrogens is 1. The summed E-state index contributed by atoms with van der Waals surface area (Å²) in [7, 11) is 2.50. The lowest BCUT2D eigenvalue weighted by molar-refractivity contribution is -0.147. The number of nitrogens with one attached hydrogen (secondary N) is 1. The number of hydrogen-bond acceptors (Lipinski definition) is 6. The molecule has 0 unspecified atom stereocenters. The quantitative estimate of drug-likeness (QED) is 0.802. The number of carbonyl (C=O) groups excluding carboxylic acids is 3. The Bertz CT molecular complexity index is 785. The zero-order chi connectivity index (χ0) is 18.4. The van der Waals surface area contributed by atoms with Gasteiger partial charge in [-0.15, -0.1) is 0 Å². The third kappa shape index (κ3) is 4.32. The molecule has 132 valence electrons. The number of pyridine rings is 1. The maximum atomic E-state index is 12.6. The van der Waals surface area contributed by atoms with E-state index in [9.17, 15) is 14.4 Å². The van der Waals surface area contributed by atoms with Crippen LogP contribution in [-0.2, 0) is 19.1 Å². The molecule has 1 amide bonds. The molecule has 2 aromatic rings. The molecule has 7 heteroatoms. The second-order valence-electron chi connectivity index (χ2n) is 5.59. The number of hydrogen-bond donors (Lipinski definition) is 1. The van der Waals surface area contributed by atoms with Crippen molar-refractivity contribution < 1.29 is 23.9 Å². The Morgan fingerprint density at radius 1 is 1.08 bits per heavy atom. The van der Waals surface area contributed by atoms with Crippen LogP contribution in [0.25, 0.3) is 10.9 Å². The number of esters is 2. The fraction of sp³-hybridized carbons (Fsp3) is 0.333. The van der Waals surface area contributed by atoms with Gasteiger partial charge in [-0.1, -0.05) is 25.1 Å². The van der Waals surface area contributed by atoms with Crippen LogP contribution in [0.5, 0.6) is 0 Å². The second-order valence-corrected chi connectivity index (χ2v) is 5.59. The minimum absolute atomic E-state index is 0.0727. The SMILES string of the molecule is COC(=O)[C@H](C)C[C@H](NC(=O)c1cccc2cccnc12)C(=O)OC. The molecule has 0 aliphatic heterocycles. The van der Waals surface area contributed by atoms with E-state index in [1.165, 1.54) is 14.2 Å². The monoisotopic (exact) mass is 344 g/mol. The Morgan fingerprint density at radius 2 is 1.76 bits per heavy atom. The highest BCUT2D eigenvalue weighted by Gasteiger charge is 2.28. The van der Waals surface area contributed by atoms with Crippen LogP contribution >= 0.6 is 0 Å². The van der Waals surface area contributed by atoms with Gasteiger partial charge in [0.05, 0.1) is 31.2 Å². The van der Waals surface area contributed by atoms with Crippen molar-refractivity contribution >= 4 is 28.7 Å². The first-order chi connectivity index (χ1) is 12.0. The summed E-state index contributed by atoms with van der Waals surface area (Å²) >= 11 is 0. The number of amides is 1. The van der Waals surface area contributed by atoms with E-state index < -0.39 is 29.8 Å². The van der Waals surface area contributed by atoms with Gasteiger partial charge in [-0.3, -0.25) is 14.6 Å². The van der Waals surface area contributed by atoms with Gasteiger partial charge in [0, 0.05) is 11.6 Å². The predicted octanol–water partition coefficient (Wildman–Crippen LogP) is 1.71. The van der Waals surface area contributed by atoms with E-state index in [2.05, 4.69) is 15.0 Å². The molecular weight excluding hydrogens is 324 g/mol. The number of carbonyl (C=O) groups is 3. The van der Waals surface area contributed by atoms with Crippen LogP contribution in [0.4, 0.5) is 0 Å². The van der Waals surface area contributed by atoms with Gasteiger partial charge in [-0.05, 0) is 18.6 Å². The topological polar surface area (TPSA) is 94.6 Å². The maximum Gasteiger partial charge on any atom is 0.328 e. The Kier molecular flexibility index (Phi) is 6.05. The number of nitrogens with zero attached hydrogens (tertiary/aromatic N) is 1. The molecule has 7 nitrogen and oxygen atoms in total. The number of para-hydroxylation sites is 1. The lowest BCUT2D eigenvalue weighted by Crippen LogP contribution is -2.43. The summed E-state index contributed by atoms with van der Waals surface area (Å²) in [5, 5.41) is 3.44. The molecule has 1 N–H and O–H groups in total. The molecule has 0 aliphatic rings. The lowest BCUT2D eigenvalue weighted by atomic mass is 10.0. The van der Waals surface area contributed by atoms with Crippen LogP contribution in [0.1, 0.15) is 23.7 Å². The standard InChI is InChI=1S/C18H20N2O5/c1-11(17(22)24-2)10-14(18(23)25-3)20-16(21)13-8-4-6-12-7-5-9-19-15(12)13/h4-9,11,14H,10H2,1-3H3,(H,20,21)/t11-,14+/m1/s1. The minimum atomic E-state index is -0.967. The normalized spacial score (nSPS) is 12.9. The van der Waals surface area contributed by atoms with E-state index in [1.807, 2.05) is 12.1 Å². The van der Waals surface area contributed by atoms with Gasteiger partial charge in [-0.2, -0.15) is 0 Å². The molecular formula is C18H20N2O5. The summed E-state index contributed by atoms with van der Waals surface area (Å²) in [6.45, 7) is 1.62. The smallest absolute Gasteiger partial charge is 0.328 e. The van der Waals surface area contributed by atoms with Gasteiger partial charge >= 0.3 is 11.9 Å². The zero-order valence-electron chi connectivity index (χ0n) is 14.3. The van der Waals surface area contributed by atoms with Gasteiger partial charge in [0.2, 0.25) is 0 Å². The highest BCUT2D eigenvalue weighted by molar-refractivity contribution is 6.06. The van der Waals surface area contributed by atoms with Crippen LogP contribution in [0.15, 0.2) is 36.5 Å². The largest absolute Gasteiger partial charge is 0.469 e. The fourth-order valence-electron chi connectivity index (χ4n) is 2.53. The molecule has 1 aromatic carbocycles. The molecule has 0 radical (unpaired) electrons. The highest BCUT2D eigenvalue weighted by atomic mass is 16.5. The fourth-order valence-corrected chi connectivity index (χ4v) is 2.53. The predicted molar refractivity (Wildman–Crippen MR) is 90.8 cm³/mol. The Labute approximate surface area is 145 Å². The number of ether oxygens (including phenoxy) is 2. The summed E-state index contributed by atoms with van der Waals surface area (Å²) in [6.07, 6.45) is 1.67. The summed E-state index contributed by atoms with van der Waals surface area (Å²) < 4.78 is 9.39. The van der Waals surface area contributed by atoms with Crippen molar-refractivity contribution in [2.45, 2.75) is 19.4 Å². The molecule has 0 saturated heterocycles. The molecule has 2 rings (SSSR count). The van der Waals surface area contributed by atoms with Crippen LogP contribution in [0.3, 0.4) is 0 Å². The highest BCUT2D eigenvalue weighted by Crippen LogP contribution is 2.17. The molecule has 0 bridgehead atoms. The van der Waals surface area contributed by atoms with Crippen molar-refractivity contribution in [3.8, 4) is 0 Å². The van der Waals surface area contributed by atoms with E-state index in [0.29, 0.717) is 11.1 Å². The average Bonchev–Trinajstić information content (AvgIpc) is 2.65. The molecule has 2 atom stereocenters. The first-order valence-electron chi connectivity index (χ1n) is 7.78. The van der Waals surface area contributed by atoms with E-state index in [-0.39, 0.29) is 6.42 Å². The van der Waals surface area contributed by atoms with Crippen LogP contribution in [0.2, 0.25) is 0 Å². The number of benzene rings is 1. The number of fused-ring (bicyclic) bond motifs is 1. The third-order valence-corrected chi connectivity index (χ3v) is 3.86. The van der Waals surface area contributed by atoms with Crippen molar-refractivity contribution in [1.82, 2.24) is 10.3 Å². The van der Waals surface area contributed by atoms with Crippen molar-refractivity contribution in [2.75, 3.05) is 14.2 Å². The van der Waals surface area contributed by atoms with Crippen LogP contribution in [-0.4, -0.2) is 43.1 Å². The Balaban J connectivity index is 2.24. The first kappa shape index (κ1) is 18.4. The molecule has 1 heterocycles. The summed E-state index contributed by atoms with van der Waals surface area (Å²) in [6, 6.07) is 7.86. The summed E-state index contributed by atoms with van der Waals surface area (Å²) in [5.74, 6) is -2.12. The van der Waals surface area contributed by atoms with Crippen LogP contribution < -0.4 is 5.32 Å². The average molecular weight is 344 g/mol. The van der Waals surface area contributed by atoms with Gasteiger partial charge in [0.15, 0.2) is 0 Å². The van der Waals surface area contributed by atoms with Gasteiger partial charge in [-0.25, -0.2) is 4.79 Å². The van der Waals surface area contributed by atoms with E-state index in [4.69, 9.17) is 4.74 Å². The third-order valence-electron chi connectivity index (χ3n) is 3.86. The molecule has 0 fully saturated rings. The first-order valence-corrected chi connectivity index (χ1v) is 7.78. The van der Waals surface area contributed by atoms with Crippen molar-refractivity contribution in [3.63, 3.8) is 0 Å². The summed E-state index contributed by atoms with van der Waals surface area (Å²) in [5.41, 5.74) is 0.879. The molecule has 1 aromatic heterocycles.